The summed E-state index contributed by atoms with van der Waals surface area (Å²) in [6, 6.07) is 12.0. The summed E-state index contributed by atoms with van der Waals surface area (Å²) in [7, 11) is 0. The van der Waals surface area contributed by atoms with Gasteiger partial charge in [-0.1, -0.05) is 39.7 Å². The van der Waals surface area contributed by atoms with Gasteiger partial charge in [-0.2, -0.15) is 0 Å². The van der Waals surface area contributed by atoms with Crippen molar-refractivity contribution in [3.8, 4) is 5.75 Å². The summed E-state index contributed by atoms with van der Waals surface area (Å²) in [6.45, 7) is 6.40. The van der Waals surface area contributed by atoms with Gasteiger partial charge in [-0.25, -0.2) is 0 Å². The summed E-state index contributed by atoms with van der Waals surface area (Å²) in [5, 5.41) is 9.82. The Kier molecular flexibility index (Phi) is 4.84. The van der Waals surface area contributed by atoms with Gasteiger partial charge in [0.25, 0.3) is 0 Å². The fourth-order valence-corrected chi connectivity index (χ4v) is 2.47. The quantitative estimate of drug-likeness (QED) is 0.878. The molecule has 0 spiro atoms. The van der Waals surface area contributed by atoms with Crippen molar-refractivity contribution in [3.63, 3.8) is 0 Å². The lowest BCUT2D eigenvalue weighted by molar-refractivity contribution is 0.190. The number of aryl methyl sites for hydroxylation is 2. The molecule has 0 bridgehead atoms. The van der Waals surface area contributed by atoms with E-state index in [9.17, 15) is 5.11 Å². The molecule has 0 aliphatic rings. The normalized spacial score (nSPS) is 12.2. The Labute approximate surface area is 128 Å². The number of benzene rings is 2. The number of aliphatic hydroxyl groups is 1. The molecule has 0 amide bonds. The topological polar surface area (TPSA) is 29.5 Å². The van der Waals surface area contributed by atoms with Crippen LogP contribution >= 0.6 is 15.9 Å². The second-order valence-corrected chi connectivity index (χ2v) is 5.99. The van der Waals surface area contributed by atoms with Crippen LogP contribution in [0.3, 0.4) is 0 Å². The van der Waals surface area contributed by atoms with E-state index in [1.54, 1.807) is 6.92 Å². The van der Waals surface area contributed by atoms with Gasteiger partial charge in [-0.05, 0) is 50.1 Å². The zero-order chi connectivity index (χ0) is 14.7. The lowest BCUT2D eigenvalue weighted by Crippen LogP contribution is -2.02. The smallest absolute Gasteiger partial charge is 0.125 e. The molecule has 0 saturated carbocycles. The monoisotopic (exact) mass is 334 g/mol. The van der Waals surface area contributed by atoms with Crippen molar-refractivity contribution in [1.29, 1.82) is 0 Å². The van der Waals surface area contributed by atoms with Crippen LogP contribution in [0.2, 0.25) is 0 Å². The van der Waals surface area contributed by atoms with Crippen molar-refractivity contribution in [2.45, 2.75) is 33.5 Å². The summed E-state index contributed by atoms with van der Waals surface area (Å²) >= 11 is 3.42. The average Bonchev–Trinajstić information content (AvgIpc) is 2.40. The maximum Gasteiger partial charge on any atom is 0.125 e. The summed E-state index contributed by atoms with van der Waals surface area (Å²) in [5.74, 6) is 0.726. The number of rotatable bonds is 4. The summed E-state index contributed by atoms with van der Waals surface area (Å²) in [4.78, 5) is 0. The largest absolute Gasteiger partial charge is 0.489 e. The van der Waals surface area contributed by atoms with Crippen LogP contribution in [0.4, 0.5) is 0 Å². The molecule has 0 aliphatic carbocycles. The molecule has 0 aromatic heterocycles. The zero-order valence-corrected chi connectivity index (χ0v) is 13.6. The number of aliphatic hydroxyl groups excluding tert-OH is 1. The first-order valence-electron chi connectivity index (χ1n) is 6.64. The lowest BCUT2D eigenvalue weighted by Gasteiger charge is -2.15. The van der Waals surface area contributed by atoms with Crippen molar-refractivity contribution in [1.82, 2.24) is 0 Å². The van der Waals surface area contributed by atoms with E-state index in [1.807, 2.05) is 18.2 Å². The molecule has 3 heteroatoms. The fraction of sp³-hybridized carbons (Fsp3) is 0.294. The van der Waals surface area contributed by atoms with Gasteiger partial charge in [0.1, 0.15) is 12.4 Å². The Morgan fingerprint density at radius 3 is 2.60 bits per heavy atom. The average molecular weight is 335 g/mol. The van der Waals surface area contributed by atoms with Crippen molar-refractivity contribution in [2.75, 3.05) is 0 Å². The molecule has 2 aromatic rings. The molecule has 1 atom stereocenters. The van der Waals surface area contributed by atoms with Crippen molar-refractivity contribution in [3.05, 3.63) is 63.1 Å². The highest BCUT2D eigenvalue weighted by atomic mass is 79.9. The first kappa shape index (κ1) is 15.1. The van der Waals surface area contributed by atoms with Crippen LogP contribution in [0.1, 0.15) is 35.3 Å². The molecule has 0 unspecified atom stereocenters. The van der Waals surface area contributed by atoms with E-state index < -0.39 is 6.10 Å². The molecule has 106 valence electrons. The number of hydrogen-bond acceptors (Lipinski definition) is 2. The fourth-order valence-electron chi connectivity index (χ4n) is 2.09. The molecule has 0 fully saturated rings. The minimum absolute atomic E-state index is 0.509. The maximum atomic E-state index is 9.82. The molecule has 2 nitrogen and oxygen atoms in total. The number of halogens is 1. The third-order valence-electron chi connectivity index (χ3n) is 3.31. The van der Waals surface area contributed by atoms with Gasteiger partial charge in [-0.3, -0.25) is 0 Å². The van der Waals surface area contributed by atoms with Crippen LogP contribution in [0.5, 0.6) is 5.75 Å². The van der Waals surface area contributed by atoms with Gasteiger partial charge in [0.15, 0.2) is 0 Å². The van der Waals surface area contributed by atoms with E-state index in [0.717, 1.165) is 15.8 Å². The maximum absolute atomic E-state index is 9.82. The Bertz CT molecular complexity index is 606. The summed E-state index contributed by atoms with van der Waals surface area (Å²) in [6.07, 6.45) is -0.555. The molecular formula is C17H19BrO2. The Hall–Kier alpha value is -1.32. The third kappa shape index (κ3) is 3.62. The van der Waals surface area contributed by atoms with E-state index in [-0.39, 0.29) is 0 Å². The molecule has 0 radical (unpaired) electrons. The van der Waals surface area contributed by atoms with Crippen molar-refractivity contribution in [2.24, 2.45) is 0 Å². The molecule has 20 heavy (non-hydrogen) atoms. The van der Waals surface area contributed by atoms with Gasteiger partial charge in [-0.15, -0.1) is 0 Å². The van der Waals surface area contributed by atoms with Crippen LogP contribution < -0.4 is 4.74 Å². The molecule has 1 N–H and O–H groups in total. The predicted octanol–water partition coefficient (Wildman–Crippen LogP) is 4.70. The Balaban J connectivity index is 2.20. The molecular weight excluding hydrogens is 316 g/mol. The predicted molar refractivity (Wildman–Crippen MR) is 85.0 cm³/mol. The third-order valence-corrected chi connectivity index (χ3v) is 3.80. The standard InChI is InChI=1S/C17H19BrO2/c1-11-4-5-12(2)14(8-11)10-20-17-7-6-15(18)9-16(17)13(3)19/h4-9,13,19H,10H2,1-3H3/t13-/m1/s1. The number of hydrogen-bond donors (Lipinski definition) is 1. The summed E-state index contributed by atoms with van der Waals surface area (Å²) < 4.78 is 6.83. The molecule has 2 aromatic carbocycles. The van der Waals surface area contributed by atoms with Crippen molar-refractivity contribution < 1.29 is 9.84 Å². The highest BCUT2D eigenvalue weighted by Crippen LogP contribution is 2.29. The minimum atomic E-state index is -0.555. The second-order valence-electron chi connectivity index (χ2n) is 5.08. The van der Waals surface area contributed by atoms with Gasteiger partial charge in [0.05, 0.1) is 6.10 Å². The van der Waals surface area contributed by atoms with Crippen LogP contribution in [-0.4, -0.2) is 5.11 Å². The molecule has 0 saturated heterocycles. The van der Waals surface area contributed by atoms with Crippen LogP contribution in [0.25, 0.3) is 0 Å². The van der Waals surface area contributed by atoms with E-state index in [2.05, 4.69) is 48.0 Å². The van der Waals surface area contributed by atoms with Gasteiger partial charge in [0.2, 0.25) is 0 Å². The van der Waals surface area contributed by atoms with Crippen LogP contribution in [0, 0.1) is 13.8 Å². The van der Waals surface area contributed by atoms with E-state index >= 15 is 0 Å². The second kappa shape index (κ2) is 6.42. The Morgan fingerprint density at radius 2 is 1.90 bits per heavy atom. The molecule has 0 aliphatic heterocycles. The van der Waals surface area contributed by atoms with Crippen LogP contribution in [0.15, 0.2) is 40.9 Å². The first-order valence-corrected chi connectivity index (χ1v) is 7.43. The molecule has 2 rings (SSSR count). The minimum Gasteiger partial charge on any atom is -0.489 e. The van der Waals surface area contributed by atoms with E-state index in [1.165, 1.54) is 16.7 Å². The Morgan fingerprint density at radius 1 is 1.15 bits per heavy atom. The van der Waals surface area contributed by atoms with Gasteiger partial charge >= 0.3 is 0 Å². The van der Waals surface area contributed by atoms with Gasteiger partial charge in [0, 0.05) is 10.0 Å². The SMILES string of the molecule is Cc1ccc(C)c(COc2ccc(Br)cc2[C@@H](C)O)c1. The van der Waals surface area contributed by atoms with Crippen LogP contribution in [-0.2, 0) is 6.61 Å². The lowest BCUT2D eigenvalue weighted by atomic mass is 10.1. The zero-order valence-electron chi connectivity index (χ0n) is 12.0. The highest BCUT2D eigenvalue weighted by molar-refractivity contribution is 9.10. The van der Waals surface area contributed by atoms with Gasteiger partial charge < -0.3 is 9.84 Å². The van der Waals surface area contributed by atoms with Crippen molar-refractivity contribution >= 4 is 15.9 Å². The molecule has 0 heterocycles. The van der Waals surface area contributed by atoms with E-state index in [4.69, 9.17) is 4.74 Å². The number of ether oxygens (including phenoxy) is 1. The van der Waals surface area contributed by atoms with E-state index in [0.29, 0.717) is 6.61 Å². The summed E-state index contributed by atoms with van der Waals surface area (Å²) in [5.41, 5.74) is 4.40. The highest BCUT2D eigenvalue weighted by Gasteiger charge is 2.10. The first-order chi connectivity index (χ1) is 9.47.